The highest BCUT2D eigenvalue weighted by Gasteiger charge is 2.23. The van der Waals surface area contributed by atoms with E-state index in [1.807, 2.05) is 60.7 Å². The number of furan rings is 1. The number of phenolic OH excluding ortho intramolecular Hbond substituents is 1. The molecule has 0 amide bonds. The fraction of sp³-hybridized carbons (Fsp3) is 0. The van der Waals surface area contributed by atoms with Gasteiger partial charge >= 0.3 is 0 Å². The quantitative estimate of drug-likeness (QED) is 0.223. The maximum Gasteiger partial charge on any atom is 0.145 e. The molecule has 0 atom stereocenters. The van der Waals surface area contributed by atoms with E-state index in [9.17, 15) is 9.50 Å². The first-order chi connectivity index (χ1) is 17.0. The molecule has 0 aliphatic heterocycles. The average Bonchev–Trinajstić information content (AvgIpc) is 3.25. The van der Waals surface area contributed by atoms with Gasteiger partial charge in [-0.05, 0) is 80.6 Å². The van der Waals surface area contributed by atoms with Crippen LogP contribution in [0, 0.1) is 5.82 Å². The fourth-order valence-electron chi connectivity index (χ4n) is 4.65. The van der Waals surface area contributed by atoms with Gasteiger partial charge in [-0.15, -0.1) is 0 Å². The standard InChI is InChI=1S/C30H17Br2FO2/c31-18-11-14-22(26(34)15-18)28-24(16-25(32)29-23-7-3-4-8-27(23)35-30(28)29)21-6-2-1-5-20(21)17-9-12-19(33)13-10-17/h1-16,34H. The third-order valence-electron chi connectivity index (χ3n) is 6.20. The number of aromatic hydroxyl groups is 1. The Morgan fingerprint density at radius 2 is 1.40 bits per heavy atom. The Hall–Kier alpha value is -3.41. The van der Waals surface area contributed by atoms with E-state index in [4.69, 9.17) is 4.42 Å². The van der Waals surface area contributed by atoms with Gasteiger partial charge in [-0.2, -0.15) is 0 Å². The van der Waals surface area contributed by atoms with Crippen LogP contribution in [-0.2, 0) is 0 Å². The van der Waals surface area contributed by atoms with Crippen LogP contribution in [0.1, 0.15) is 0 Å². The molecule has 0 bridgehead atoms. The molecule has 5 aromatic carbocycles. The van der Waals surface area contributed by atoms with Crippen LogP contribution in [0.25, 0.3) is 55.3 Å². The second kappa shape index (κ2) is 8.67. The summed E-state index contributed by atoms with van der Waals surface area (Å²) in [5.74, 6) is -0.137. The van der Waals surface area contributed by atoms with Gasteiger partial charge in [-0.1, -0.05) is 70.5 Å². The monoisotopic (exact) mass is 586 g/mol. The Bertz CT molecular complexity index is 1740. The van der Waals surface area contributed by atoms with Crippen molar-refractivity contribution in [2.24, 2.45) is 0 Å². The van der Waals surface area contributed by atoms with E-state index < -0.39 is 0 Å². The van der Waals surface area contributed by atoms with Gasteiger partial charge in [0.1, 0.15) is 22.7 Å². The van der Waals surface area contributed by atoms with E-state index in [-0.39, 0.29) is 11.6 Å². The van der Waals surface area contributed by atoms with Crippen molar-refractivity contribution < 1.29 is 13.9 Å². The molecule has 6 rings (SSSR count). The topological polar surface area (TPSA) is 33.4 Å². The normalized spacial score (nSPS) is 11.4. The van der Waals surface area contributed by atoms with E-state index in [0.29, 0.717) is 11.1 Å². The van der Waals surface area contributed by atoms with Crippen LogP contribution in [0.4, 0.5) is 4.39 Å². The average molecular weight is 588 g/mol. The molecule has 1 N–H and O–H groups in total. The van der Waals surface area contributed by atoms with Gasteiger partial charge in [-0.3, -0.25) is 0 Å². The summed E-state index contributed by atoms with van der Waals surface area (Å²) >= 11 is 7.24. The van der Waals surface area contributed by atoms with Crippen molar-refractivity contribution in [2.45, 2.75) is 0 Å². The highest BCUT2D eigenvalue weighted by molar-refractivity contribution is 9.11. The maximum absolute atomic E-state index is 13.7. The zero-order chi connectivity index (χ0) is 24.1. The van der Waals surface area contributed by atoms with Crippen molar-refractivity contribution in [1.82, 2.24) is 0 Å². The van der Waals surface area contributed by atoms with Crippen LogP contribution >= 0.6 is 31.9 Å². The van der Waals surface area contributed by atoms with Crippen molar-refractivity contribution in [3.05, 3.63) is 112 Å². The zero-order valence-corrected chi connectivity index (χ0v) is 21.4. The van der Waals surface area contributed by atoms with E-state index in [1.165, 1.54) is 12.1 Å². The minimum atomic E-state index is -0.279. The second-order valence-electron chi connectivity index (χ2n) is 8.30. The molecule has 2 nitrogen and oxygen atoms in total. The lowest BCUT2D eigenvalue weighted by atomic mass is 9.88. The molecule has 170 valence electrons. The zero-order valence-electron chi connectivity index (χ0n) is 18.2. The Kier molecular flexibility index (Phi) is 5.47. The number of benzene rings is 5. The van der Waals surface area contributed by atoms with Gasteiger partial charge in [0.2, 0.25) is 0 Å². The lowest BCUT2D eigenvalue weighted by Crippen LogP contribution is -1.91. The third-order valence-corrected chi connectivity index (χ3v) is 7.32. The Morgan fingerprint density at radius 1 is 0.686 bits per heavy atom. The van der Waals surface area contributed by atoms with E-state index in [1.54, 1.807) is 18.2 Å². The van der Waals surface area contributed by atoms with Crippen molar-refractivity contribution in [3.63, 3.8) is 0 Å². The molecule has 0 aliphatic carbocycles. The van der Waals surface area contributed by atoms with Gasteiger partial charge in [0.15, 0.2) is 0 Å². The first-order valence-electron chi connectivity index (χ1n) is 11.0. The Morgan fingerprint density at radius 3 is 2.17 bits per heavy atom. The van der Waals surface area contributed by atoms with Crippen molar-refractivity contribution in [2.75, 3.05) is 0 Å². The summed E-state index contributed by atoms with van der Waals surface area (Å²) in [5, 5.41) is 12.9. The largest absolute Gasteiger partial charge is 0.507 e. The highest BCUT2D eigenvalue weighted by atomic mass is 79.9. The molecule has 35 heavy (non-hydrogen) atoms. The van der Waals surface area contributed by atoms with Crippen molar-refractivity contribution in [3.8, 4) is 39.1 Å². The number of para-hydroxylation sites is 1. The molecule has 6 aromatic rings. The van der Waals surface area contributed by atoms with Crippen LogP contribution < -0.4 is 0 Å². The van der Waals surface area contributed by atoms with Crippen LogP contribution in [0.15, 0.2) is 110 Å². The van der Waals surface area contributed by atoms with Gasteiger partial charge in [0.05, 0.1) is 0 Å². The smallest absolute Gasteiger partial charge is 0.145 e. The molecule has 1 aromatic heterocycles. The first-order valence-corrected chi connectivity index (χ1v) is 12.6. The van der Waals surface area contributed by atoms with Crippen LogP contribution in [-0.4, -0.2) is 5.11 Å². The van der Waals surface area contributed by atoms with Gasteiger partial charge in [0.25, 0.3) is 0 Å². The molecule has 0 radical (unpaired) electrons. The highest BCUT2D eigenvalue weighted by Crippen LogP contribution is 2.49. The summed E-state index contributed by atoms with van der Waals surface area (Å²) in [5.41, 5.74) is 6.58. The number of fused-ring (bicyclic) bond motifs is 3. The van der Waals surface area contributed by atoms with Crippen molar-refractivity contribution >= 4 is 53.8 Å². The molecular formula is C30H17Br2FO2. The van der Waals surface area contributed by atoms with Crippen molar-refractivity contribution in [1.29, 1.82) is 0 Å². The lowest BCUT2D eigenvalue weighted by molar-refractivity contribution is 0.477. The van der Waals surface area contributed by atoms with E-state index >= 15 is 0 Å². The summed E-state index contributed by atoms with van der Waals surface area (Å²) in [4.78, 5) is 0. The number of hydrogen-bond donors (Lipinski definition) is 1. The van der Waals surface area contributed by atoms with Gasteiger partial charge in [-0.25, -0.2) is 4.39 Å². The van der Waals surface area contributed by atoms with Crippen LogP contribution in [0.2, 0.25) is 0 Å². The predicted molar refractivity (Wildman–Crippen MR) is 147 cm³/mol. The number of halogens is 3. The van der Waals surface area contributed by atoms with Crippen LogP contribution in [0.5, 0.6) is 5.75 Å². The molecule has 0 saturated carbocycles. The van der Waals surface area contributed by atoms with E-state index in [0.717, 1.165) is 53.1 Å². The summed E-state index contributed by atoms with van der Waals surface area (Å²) in [6.45, 7) is 0. The Balaban J connectivity index is 1.75. The summed E-state index contributed by atoms with van der Waals surface area (Å²) in [7, 11) is 0. The molecule has 1 heterocycles. The second-order valence-corrected chi connectivity index (χ2v) is 10.1. The predicted octanol–water partition coefficient (Wildman–Crippen LogP) is 9.96. The molecule has 0 aliphatic rings. The number of rotatable bonds is 3. The molecule has 0 saturated heterocycles. The molecule has 0 fully saturated rings. The fourth-order valence-corrected chi connectivity index (χ4v) is 5.62. The summed E-state index contributed by atoms with van der Waals surface area (Å²) in [6.07, 6.45) is 0. The number of hydrogen-bond acceptors (Lipinski definition) is 2. The van der Waals surface area contributed by atoms with Gasteiger partial charge < -0.3 is 9.52 Å². The number of phenols is 1. The summed E-state index contributed by atoms with van der Waals surface area (Å²) < 4.78 is 21.8. The van der Waals surface area contributed by atoms with Gasteiger partial charge in [0, 0.05) is 30.8 Å². The SMILES string of the molecule is Oc1cc(Br)ccc1-c1c(-c2ccccc2-c2ccc(F)cc2)cc(Br)c2c1oc1ccccc12. The minimum absolute atomic E-state index is 0.143. The molecule has 0 spiro atoms. The third kappa shape index (κ3) is 3.76. The minimum Gasteiger partial charge on any atom is -0.507 e. The lowest BCUT2D eigenvalue weighted by Gasteiger charge is -2.17. The maximum atomic E-state index is 13.7. The molecule has 5 heteroatoms. The summed E-state index contributed by atoms with van der Waals surface area (Å²) in [6, 6.07) is 29.9. The first kappa shape index (κ1) is 22.1. The van der Waals surface area contributed by atoms with E-state index in [2.05, 4.69) is 37.9 Å². The molecule has 0 unspecified atom stereocenters. The van der Waals surface area contributed by atoms with Crippen LogP contribution in [0.3, 0.4) is 0 Å². The molecular weight excluding hydrogens is 571 g/mol. The Labute approximate surface area is 217 Å².